The lowest BCUT2D eigenvalue weighted by molar-refractivity contribution is -0.117. The molecule has 0 saturated carbocycles. The Morgan fingerprint density at radius 3 is 2.56 bits per heavy atom. The molecule has 1 N–H and O–H groups in total. The van der Waals surface area contributed by atoms with Crippen molar-refractivity contribution in [1.82, 2.24) is 5.32 Å². The summed E-state index contributed by atoms with van der Waals surface area (Å²) in [6.07, 6.45) is 3.32. The minimum absolute atomic E-state index is 0.0480. The Balaban J connectivity index is 1.67. The summed E-state index contributed by atoms with van der Waals surface area (Å²) in [5, 5.41) is 3.02. The van der Waals surface area contributed by atoms with Gasteiger partial charge >= 0.3 is 0 Å². The fourth-order valence-corrected chi connectivity index (χ4v) is 2.98. The fraction of sp³-hybridized carbons (Fsp3) is 0.286. The van der Waals surface area contributed by atoms with E-state index < -0.39 is 0 Å². The fourth-order valence-electron chi connectivity index (χ4n) is 2.98. The van der Waals surface area contributed by atoms with Crippen LogP contribution in [0.5, 0.6) is 11.5 Å². The van der Waals surface area contributed by atoms with Gasteiger partial charge in [0.15, 0.2) is 11.5 Å². The molecule has 1 aliphatic rings. The van der Waals surface area contributed by atoms with Crippen LogP contribution in [-0.4, -0.2) is 12.7 Å². The van der Waals surface area contributed by atoms with Crippen molar-refractivity contribution in [1.29, 1.82) is 0 Å². The third-order valence-corrected chi connectivity index (χ3v) is 4.53. The average Bonchev–Trinajstić information content (AvgIpc) is 3.03. The number of carbonyl (C=O) groups excluding carboxylic acids is 1. The molecule has 0 fully saturated rings. The summed E-state index contributed by atoms with van der Waals surface area (Å²) in [5.74, 6) is 1.32. The Labute approximate surface area is 148 Å². The van der Waals surface area contributed by atoms with Crippen LogP contribution in [0.15, 0.2) is 36.4 Å². The maximum atomic E-state index is 12.2. The second-order valence-corrected chi connectivity index (χ2v) is 6.47. The molecule has 2 aromatic rings. The molecule has 2 aromatic carbocycles. The first-order valence-corrected chi connectivity index (χ1v) is 8.40. The summed E-state index contributed by atoms with van der Waals surface area (Å²) >= 11 is 0. The second kappa shape index (κ2) is 7.01. The third kappa shape index (κ3) is 3.85. The highest BCUT2D eigenvalue weighted by atomic mass is 16.7. The van der Waals surface area contributed by atoms with Gasteiger partial charge in [-0.1, -0.05) is 18.2 Å². The topological polar surface area (TPSA) is 47.6 Å². The SMILES string of the molecule is Cc1cc(C)c(C(C)NC(=O)/C=C/c2ccc3c(c2)OCO3)cc1C. The molecule has 1 aliphatic heterocycles. The van der Waals surface area contributed by atoms with Crippen molar-refractivity contribution in [3.8, 4) is 11.5 Å². The first-order chi connectivity index (χ1) is 11.9. The highest BCUT2D eigenvalue weighted by Gasteiger charge is 2.13. The summed E-state index contributed by atoms with van der Waals surface area (Å²) < 4.78 is 10.6. The van der Waals surface area contributed by atoms with E-state index in [4.69, 9.17) is 9.47 Å². The lowest BCUT2D eigenvalue weighted by Gasteiger charge is -2.17. The van der Waals surface area contributed by atoms with E-state index in [1.54, 1.807) is 12.2 Å². The number of nitrogens with one attached hydrogen (secondary N) is 1. The number of hydrogen-bond acceptors (Lipinski definition) is 3. The second-order valence-electron chi connectivity index (χ2n) is 6.47. The maximum absolute atomic E-state index is 12.2. The number of amides is 1. The van der Waals surface area contributed by atoms with Gasteiger partial charge in [0.25, 0.3) is 0 Å². The molecule has 0 saturated heterocycles. The first-order valence-electron chi connectivity index (χ1n) is 8.40. The summed E-state index contributed by atoms with van der Waals surface area (Å²) in [7, 11) is 0. The minimum Gasteiger partial charge on any atom is -0.454 e. The zero-order valence-corrected chi connectivity index (χ0v) is 15.1. The van der Waals surface area contributed by atoms with E-state index in [-0.39, 0.29) is 18.7 Å². The minimum atomic E-state index is -0.122. The van der Waals surface area contributed by atoms with Crippen LogP contribution in [0, 0.1) is 20.8 Å². The number of hydrogen-bond donors (Lipinski definition) is 1. The van der Waals surface area contributed by atoms with Crippen molar-refractivity contribution in [2.75, 3.05) is 6.79 Å². The molecule has 0 radical (unpaired) electrons. The van der Waals surface area contributed by atoms with E-state index >= 15 is 0 Å². The van der Waals surface area contributed by atoms with Crippen LogP contribution < -0.4 is 14.8 Å². The highest BCUT2D eigenvalue weighted by Crippen LogP contribution is 2.32. The van der Waals surface area contributed by atoms with Gasteiger partial charge in [0.1, 0.15) is 0 Å². The number of carbonyl (C=O) groups is 1. The zero-order chi connectivity index (χ0) is 18.0. The number of fused-ring (bicyclic) bond motifs is 1. The average molecular weight is 337 g/mol. The van der Waals surface area contributed by atoms with Gasteiger partial charge in [-0.15, -0.1) is 0 Å². The molecule has 4 nitrogen and oxygen atoms in total. The van der Waals surface area contributed by atoms with Gasteiger partial charge in [-0.3, -0.25) is 4.79 Å². The highest BCUT2D eigenvalue weighted by molar-refractivity contribution is 5.92. The van der Waals surface area contributed by atoms with E-state index in [1.807, 2.05) is 25.1 Å². The Kier molecular flexibility index (Phi) is 4.79. The molecule has 0 spiro atoms. The molecule has 1 atom stereocenters. The van der Waals surface area contributed by atoms with E-state index in [2.05, 4.69) is 38.2 Å². The van der Waals surface area contributed by atoms with E-state index in [9.17, 15) is 4.79 Å². The van der Waals surface area contributed by atoms with Crippen molar-refractivity contribution in [3.05, 3.63) is 64.2 Å². The van der Waals surface area contributed by atoms with Crippen LogP contribution in [0.3, 0.4) is 0 Å². The van der Waals surface area contributed by atoms with Crippen molar-refractivity contribution in [2.45, 2.75) is 33.7 Å². The molecule has 0 aliphatic carbocycles. The predicted molar refractivity (Wildman–Crippen MR) is 98.8 cm³/mol. The van der Waals surface area contributed by atoms with E-state index in [1.165, 1.54) is 16.7 Å². The van der Waals surface area contributed by atoms with Crippen LogP contribution in [-0.2, 0) is 4.79 Å². The van der Waals surface area contributed by atoms with E-state index in [0.717, 1.165) is 16.9 Å². The van der Waals surface area contributed by atoms with Gasteiger partial charge in [-0.05, 0) is 73.7 Å². The summed E-state index contributed by atoms with van der Waals surface area (Å²) in [5.41, 5.74) is 5.73. The molecular formula is C21H23NO3. The normalized spacial score (nSPS) is 13.9. The smallest absolute Gasteiger partial charge is 0.244 e. The lowest BCUT2D eigenvalue weighted by atomic mass is 9.96. The van der Waals surface area contributed by atoms with Crippen molar-refractivity contribution < 1.29 is 14.3 Å². The van der Waals surface area contributed by atoms with Gasteiger partial charge < -0.3 is 14.8 Å². The molecule has 1 amide bonds. The maximum Gasteiger partial charge on any atom is 0.244 e. The Morgan fingerprint density at radius 1 is 1.04 bits per heavy atom. The van der Waals surface area contributed by atoms with Crippen molar-refractivity contribution >= 4 is 12.0 Å². The molecule has 0 bridgehead atoms. The monoisotopic (exact) mass is 337 g/mol. The molecule has 1 heterocycles. The summed E-state index contributed by atoms with van der Waals surface area (Å²) in [6, 6.07) is 9.87. The largest absolute Gasteiger partial charge is 0.454 e. The number of ether oxygens (including phenoxy) is 2. The number of benzene rings is 2. The van der Waals surface area contributed by atoms with Crippen molar-refractivity contribution in [2.24, 2.45) is 0 Å². The third-order valence-electron chi connectivity index (χ3n) is 4.53. The quantitative estimate of drug-likeness (QED) is 0.849. The summed E-state index contributed by atoms with van der Waals surface area (Å²) in [4.78, 5) is 12.2. The molecule has 4 heteroatoms. The number of aryl methyl sites for hydroxylation is 3. The van der Waals surface area contributed by atoms with Crippen LogP contribution in [0.4, 0.5) is 0 Å². The van der Waals surface area contributed by atoms with Gasteiger partial charge in [-0.25, -0.2) is 0 Å². The van der Waals surface area contributed by atoms with Gasteiger partial charge in [0.2, 0.25) is 12.7 Å². The molecule has 25 heavy (non-hydrogen) atoms. The summed E-state index contributed by atoms with van der Waals surface area (Å²) in [6.45, 7) is 8.52. The van der Waals surface area contributed by atoms with Crippen molar-refractivity contribution in [3.63, 3.8) is 0 Å². The van der Waals surface area contributed by atoms with Crippen LogP contribution in [0.1, 0.15) is 40.8 Å². The molecular weight excluding hydrogens is 314 g/mol. The van der Waals surface area contributed by atoms with Crippen LogP contribution >= 0.6 is 0 Å². The van der Waals surface area contributed by atoms with Crippen LogP contribution in [0.2, 0.25) is 0 Å². The predicted octanol–water partition coefficient (Wildman–Crippen LogP) is 4.23. The molecule has 1 unspecified atom stereocenters. The lowest BCUT2D eigenvalue weighted by Crippen LogP contribution is -2.25. The molecule has 130 valence electrons. The first kappa shape index (κ1) is 17.1. The van der Waals surface area contributed by atoms with Crippen LogP contribution in [0.25, 0.3) is 6.08 Å². The zero-order valence-electron chi connectivity index (χ0n) is 15.1. The Hall–Kier alpha value is -2.75. The Morgan fingerprint density at radius 2 is 1.76 bits per heavy atom. The molecule has 3 rings (SSSR count). The van der Waals surface area contributed by atoms with E-state index in [0.29, 0.717) is 5.75 Å². The van der Waals surface area contributed by atoms with Gasteiger partial charge in [0, 0.05) is 6.08 Å². The van der Waals surface area contributed by atoms with Gasteiger partial charge in [0.05, 0.1) is 6.04 Å². The van der Waals surface area contributed by atoms with Gasteiger partial charge in [-0.2, -0.15) is 0 Å². The molecule has 0 aromatic heterocycles. The Bertz CT molecular complexity index is 839. The standard InChI is InChI=1S/C21H23NO3/c1-13-9-15(3)18(10-14(13)2)16(4)22-21(23)8-6-17-5-7-19-20(11-17)25-12-24-19/h5-11,16H,12H2,1-4H3,(H,22,23)/b8-6+. The number of rotatable bonds is 4.